The summed E-state index contributed by atoms with van der Waals surface area (Å²) in [6, 6.07) is 5.75. The van der Waals surface area contributed by atoms with Crippen molar-refractivity contribution in [3.63, 3.8) is 0 Å². The first-order valence-electron chi connectivity index (χ1n) is 5.47. The number of hydrogen-bond donors (Lipinski definition) is 0. The third-order valence-electron chi connectivity index (χ3n) is 3.09. The van der Waals surface area contributed by atoms with Gasteiger partial charge < -0.3 is 4.90 Å². The molecule has 1 aliphatic heterocycles. The van der Waals surface area contributed by atoms with E-state index in [2.05, 4.69) is 0 Å². The molecule has 1 aromatic rings. The van der Waals surface area contributed by atoms with Crippen LogP contribution in [-0.2, 0) is 17.8 Å². The number of carbonyl (C=O) groups excluding carboxylic acids is 2. The molecule has 1 heterocycles. The van der Waals surface area contributed by atoms with Gasteiger partial charge in [0.05, 0.1) is 0 Å². The Hall–Kier alpha value is -1.64. The second-order valence-electron chi connectivity index (χ2n) is 4.19. The van der Waals surface area contributed by atoms with E-state index < -0.39 is 0 Å². The van der Waals surface area contributed by atoms with E-state index in [0.29, 0.717) is 13.1 Å². The van der Waals surface area contributed by atoms with E-state index in [1.165, 1.54) is 0 Å². The van der Waals surface area contributed by atoms with Crippen LogP contribution in [0.4, 0.5) is 0 Å². The molecule has 0 saturated carbocycles. The monoisotopic (exact) mass is 217 g/mol. The molecule has 0 aromatic heterocycles. The molecule has 1 amide bonds. The smallest absolute Gasteiger partial charge is 0.219 e. The van der Waals surface area contributed by atoms with E-state index in [0.717, 1.165) is 23.1 Å². The highest BCUT2D eigenvalue weighted by Crippen LogP contribution is 2.22. The number of Topliss-reactive ketones (excluding diaryl/α,β-unsaturated/α-hetero) is 1. The predicted octanol–water partition coefficient (Wildman–Crippen LogP) is 1.79. The number of amides is 1. The summed E-state index contributed by atoms with van der Waals surface area (Å²) in [5.41, 5.74) is 3.03. The van der Waals surface area contributed by atoms with Crippen molar-refractivity contribution in [3.05, 3.63) is 34.9 Å². The SMILES string of the molecule is CC(=O)c1cccc2c1CCN(C(C)=O)C2. The molecule has 0 unspecified atom stereocenters. The maximum Gasteiger partial charge on any atom is 0.219 e. The standard InChI is InChI=1S/C13H15NO2/c1-9(15)12-5-3-4-11-8-14(10(2)16)7-6-13(11)12/h3-5H,6-8H2,1-2H3. The first kappa shape index (κ1) is 10.9. The summed E-state index contributed by atoms with van der Waals surface area (Å²) in [5, 5.41) is 0. The summed E-state index contributed by atoms with van der Waals surface area (Å²) in [5.74, 6) is 0.201. The van der Waals surface area contributed by atoms with Gasteiger partial charge in [0.2, 0.25) is 5.91 Å². The Kier molecular flexibility index (Phi) is 2.77. The van der Waals surface area contributed by atoms with Gasteiger partial charge >= 0.3 is 0 Å². The van der Waals surface area contributed by atoms with Crippen molar-refractivity contribution >= 4 is 11.7 Å². The van der Waals surface area contributed by atoms with Crippen LogP contribution < -0.4 is 0 Å². The van der Waals surface area contributed by atoms with Gasteiger partial charge in [-0.15, -0.1) is 0 Å². The molecule has 0 aliphatic carbocycles. The lowest BCUT2D eigenvalue weighted by Gasteiger charge is -2.28. The molecule has 0 atom stereocenters. The average molecular weight is 217 g/mol. The highest BCUT2D eigenvalue weighted by Gasteiger charge is 2.21. The van der Waals surface area contributed by atoms with Gasteiger partial charge in [-0.3, -0.25) is 9.59 Å². The van der Waals surface area contributed by atoms with Crippen LogP contribution in [0.25, 0.3) is 0 Å². The van der Waals surface area contributed by atoms with E-state index in [1.54, 1.807) is 13.8 Å². The fourth-order valence-electron chi connectivity index (χ4n) is 2.21. The van der Waals surface area contributed by atoms with Crippen molar-refractivity contribution in [1.29, 1.82) is 0 Å². The zero-order valence-corrected chi connectivity index (χ0v) is 9.62. The summed E-state index contributed by atoms with van der Waals surface area (Å²) in [4.78, 5) is 24.6. The van der Waals surface area contributed by atoms with Gasteiger partial charge in [0, 0.05) is 25.6 Å². The highest BCUT2D eigenvalue weighted by molar-refractivity contribution is 5.96. The van der Waals surface area contributed by atoms with Crippen LogP contribution in [0.5, 0.6) is 0 Å². The van der Waals surface area contributed by atoms with Crippen LogP contribution in [0.2, 0.25) is 0 Å². The second-order valence-corrected chi connectivity index (χ2v) is 4.19. The fraction of sp³-hybridized carbons (Fsp3) is 0.385. The molecule has 16 heavy (non-hydrogen) atoms. The lowest BCUT2D eigenvalue weighted by molar-refractivity contribution is -0.129. The molecule has 0 radical (unpaired) electrons. The molecule has 0 saturated heterocycles. The Morgan fingerprint density at radius 2 is 2.00 bits per heavy atom. The van der Waals surface area contributed by atoms with E-state index in [-0.39, 0.29) is 11.7 Å². The molecule has 0 fully saturated rings. The number of fused-ring (bicyclic) bond motifs is 1. The Bertz CT molecular complexity index is 451. The van der Waals surface area contributed by atoms with Crippen molar-refractivity contribution in [2.24, 2.45) is 0 Å². The zero-order chi connectivity index (χ0) is 11.7. The van der Waals surface area contributed by atoms with Gasteiger partial charge in [-0.05, 0) is 24.5 Å². The number of rotatable bonds is 1. The van der Waals surface area contributed by atoms with Gasteiger partial charge in [0.25, 0.3) is 0 Å². The van der Waals surface area contributed by atoms with Crippen LogP contribution in [0, 0.1) is 0 Å². The lowest BCUT2D eigenvalue weighted by atomic mass is 9.93. The Morgan fingerprint density at radius 1 is 1.25 bits per heavy atom. The Labute approximate surface area is 95.1 Å². The lowest BCUT2D eigenvalue weighted by Crippen LogP contribution is -2.34. The van der Waals surface area contributed by atoms with Crippen molar-refractivity contribution < 1.29 is 9.59 Å². The summed E-state index contributed by atoms with van der Waals surface area (Å²) < 4.78 is 0. The van der Waals surface area contributed by atoms with Crippen LogP contribution in [0.15, 0.2) is 18.2 Å². The van der Waals surface area contributed by atoms with Crippen LogP contribution >= 0.6 is 0 Å². The van der Waals surface area contributed by atoms with Gasteiger partial charge in [-0.2, -0.15) is 0 Å². The second kappa shape index (κ2) is 4.08. The minimum absolute atomic E-state index is 0.0962. The van der Waals surface area contributed by atoms with E-state index in [1.807, 2.05) is 23.1 Å². The third kappa shape index (κ3) is 1.85. The van der Waals surface area contributed by atoms with Gasteiger partial charge in [-0.1, -0.05) is 18.2 Å². The molecular formula is C13H15NO2. The summed E-state index contributed by atoms with van der Waals surface area (Å²) in [6.07, 6.45) is 0.782. The third-order valence-corrected chi connectivity index (χ3v) is 3.09. The first-order chi connectivity index (χ1) is 7.59. The zero-order valence-electron chi connectivity index (χ0n) is 9.62. The van der Waals surface area contributed by atoms with Crippen molar-refractivity contribution in [1.82, 2.24) is 4.90 Å². The molecule has 3 heteroatoms. The number of ketones is 1. The quantitative estimate of drug-likeness (QED) is 0.672. The number of carbonyl (C=O) groups is 2. The topological polar surface area (TPSA) is 37.4 Å². The molecule has 84 valence electrons. The molecule has 2 rings (SSSR count). The van der Waals surface area contributed by atoms with Crippen molar-refractivity contribution in [3.8, 4) is 0 Å². The Balaban J connectivity index is 2.38. The largest absolute Gasteiger partial charge is 0.338 e. The van der Waals surface area contributed by atoms with Crippen LogP contribution in [-0.4, -0.2) is 23.1 Å². The number of benzene rings is 1. The van der Waals surface area contributed by atoms with Gasteiger partial charge in [0.15, 0.2) is 5.78 Å². The average Bonchev–Trinajstić information content (AvgIpc) is 2.27. The summed E-state index contributed by atoms with van der Waals surface area (Å²) >= 11 is 0. The molecule has 1 aliphatic rings. The van der Waals surface area contributed by atoms with Gasteiger partial charge in [0.1, 0.15) is 0 Å². The van der Waals surface area contributed by atoms with E-state index in [9.17, 15) is 9.59 Å². The van der Waals surface area contributed by atoms with Crippen molar-refractivity contribution in [2.75, 3.05) is 6.54 Å². The molecule has 0 N–H and O–H groups in total. The molecular weight excluding hydrogens is 202 g/mol. The highest BCUT2D eigenvalue weighted by atomic mass is 16.2. The molecule has 3 nitrogen and oxygen atoms in total. The minimum atomic E-state index is 0.0962. The maximum absolute atomic E-state index is 11.5. The Morgan fingerprint density at radius 3 is 2.62 bits per heavy atom. The molecule has 0 bridgehead atoms. The van der Waals surface area contributed by atoms with Crippen LogP contribution in [0.3, 0.4) is 0 Å². The predicted molar refractivity (Wildman–Crippen MR) is 61.2 cm³/mol. The summed E-state index contributed by atoms with van der Waals surface area (Å²) in [6.45, 7) is 4.52. The van der Waals surface area contributed by atoms with Crippen molar-refractivity contribution in [2.45, 2.75) is 26.8 Å². The van der Waals surface area contributed by atoms with E-state index >= 15 is 0 Å². The minimum Gasteiger partial charge on any atom is -0.338 e. The fourth-order valence-corrected chi connectivity index (χ4v) is 2.21. The van der Waals surface area contributed by atoms with E-state index in [4.69, 9.17) is 0 Å². The van der Waals surface area contributed by atoms with Gasteiger partial charge in [-0.25, -0.2) is 0 Å². The number of hydrogen-bond acceptors (Lipinski definition) is 2. The normalized spacial score (nSPS) is 14.5. The number of nitrogens with zero attached hydrogens (tertiary/aromatic N) is 1. The molecule has 0 spiro atoms. The maximum atomic E-state index is 11.5. The summed E-state index contributed by atoms with van der Waals surface area (Å²) in [7, 11) is 0. The first-order valence-corrected chi connectivity index (χ1v) is 5.47. The van der Waals surface area contributed by atoms with Crippen LogP contribution in [0.1, 0.15) is 35.3 Å². The molecule has 1 aromatic carbocycles.